The monoisotopic (exact) mass is 233 g/mol. The zero-order valence-electron chi connectivity index (χ0n) is 7.71. The van der Waals surface area contributed by atoms with Crippen LogP contribution in [-0.2, 0) is 0 Å². The van der Waals surface area contributed by atoms with Gasteiger partial charge in [0.2, 0.25) is 0 Å². The number of nitrogens with one attached hydrogen (secondary N) is 1. The maximum absolute atomic E-state index is 11.4. The molecular weight excluding hydrogens is 225 g/mol. The highest BCUT2D eigenvalue weighted by Crippen LogP contribution is 2.19. The molecule has 1 N–H and O–H groups in total. The van der Waals surface area contributed by atoms with Crippen molar-refractivity contribution in [2.45, 2.75) is 0 Å². The Labute approximate surface area is 91.8 Å². The average molecular weight is 234 g/mol. The Morgan fingerprint density at radius 1 is 1.50 bits per heavy atom. The number of hydrogen-bond donors (Lipinski definition) is 1. The number of pyridine rings is 1. The Kier molecular flexibility index (Phi) is 3.69. The summed E-state index contributed by atoms with van der Waals surface area (Å²) in [7, 11) is 3.42. The molecular formula is C8H9Cl2N3O. The molecule has 0 saturated heterocycles. The fraction of sp³-hybridized carbons (Fsp3) is 0.250. The third kappa shape index (κ3) is 2.83. The topological polar surface area (TPSA) is 45.2 Å². The van der Waals surface area contributed by atoms with E-state index in [0.717, 1.165) is 0 Å². The Bertz CT molecular complexity index is 354. The lowest BCUT2D eigenvalue weighted by Crippen LogP contribution is -2.36. The third-order valence-electron chi connectivity index (χ3n) is 1.38. The minimum absolute atomic E-state index is 0.188. The number of amides is 1. The van der Waals surface area contributed by atoms with E-state index in [0.29, 0.717) is 5.56 Å². The van der Waals surface area contributed by atoms with E-state index < -0.39 is 0 Å². The Morgan fingerprint density at radius 2 is 2.14 bits per heavy atom. The summed E-state index contributed by atoms with van der Waals surface area (Å²) in [6, 6.07) is 1.47. The van der Waals surface area contributed by atoms with Gasteiger partial charge in [-0.05, 0) is 6.07 Å². The highest BCUT2D eigenvalue weighted by Gasteiger charge is 2.08. The Balaban J connectivity index is 2.86. The molecule has 0 aliphatic heterocycles. The van der Waals surface area contributed by atoms with Crippen molar-refractivity contribution in [2.75, 3.05) is 14.1 Å². The number of aromatic nitrogens is 1. The van der Waals surface area contributed by atoms with Gasteiger partial charge in [0.15, 0.2) is 0 Å². The summed E-state index contributed by atoms with van der Waals surface area (Å²) in [4.78, 5) is 15.2. The van der Waals surface area contributed by atoms with Gasteiger partial charge < -0.3 is 0 Å². The van der Waals surface area contributed by atoms with Gasteiger partial charge in [0, 0.05) is 20.3 Å². The average Bonchev–Trinajstić information content (AvgIpc) is 2.08. The van der Waals surface area contributed by atoms with Crippen LogP contribution < -0.4 is 5.43 Å². The second kappa shape index (κ2) is 4.59. The smallest absolute Gasteiger partial charge is 0.267 e. The molecule has 4 nitrogen and oxygen atoms in total. The first-order valence-electron chi connectivity index (χ1n) is 3.80. The highest BCUT2D eigenvalue weighted by atomic mass is 35.5. The van der Waals surface area contributed by atoms with Crippen LogP contribution in [0.4, 0.5) is 0 Å². The molecule has 1 aromatic rings. The SMILES string of the molecule is CN(C)NC(=O)c1cnc(Cl)c(Cl)c1. The van der Waals surface area contributed by atoms with Crippen LogP contribution in [0.25, 0.3) is 0 Å². The summed E-state index contributed by atoms with van der Waals surface area (Å²) < 4.78 is 0. The van der Waals surface area contributed by atoms with E-state index in [-0.39, 0.29) is 16.1 Å². The minimum Gasteiger partial charge on any atom is -0.285 e. The van der Waals surface area contributed by atoms with E-state index in [4.69, 9.17) is 23.2 Å². The van der Waals surface area contributed by atoms with Gasteiger partial charge in [-0.1, -0.05) is 23.2 Å². The van der Waals surface area contributed by atoms with Gasteiger partial charge >= 0.3 is 0 Å². The van der Waals surface area contributed by atoms with Crippen molar-refractivity contribution in [3.05, 3.63) is 28.0 Å². The molecule has 0 saturated carbocycles. The molecule has 0 spiro atoms. The summed E-state index contributed by atoms with van der Waals surface area (Å²) in [6.07, 6.45) is 1.37. The van der Waals surface area contributed by atoms with Crippen molar-refractivity contribution in [3.8, 4) is 0 Å². The molecule has 1 amide bonds. The molecule has 14 heavy (non-hydrogen) atoms. The number of hydrogen-bond acceptors (Lipinski definition) is 3. The van der Waals surface area contributed by atoms with Crippen LogP contribution >= 0.6 is 23.2 Å². The van der Waals surface area contributed by atoms with Gasteiger partial charge in [-0.3, -0.25) is 10.2 Å². The molecule has 1 heterocycles. The largest absolute Gasteiger partial charge is 0.285 e. The summed E-state index contributed by atoms with van der Waals surface area (Å²) in [5, 5.41) is 1.98. The van der Waals surface area contributed by atoms with Crippen molar-refractivity contribution in [1.82, 2.24) is 15.4 Å². The number of rotatable bonds is 2. The van der Waals surface area contributed by atoms with Crippen LogP contribution in [0.3, 0.4) is 0 Å². The molecule has 76 valence electrons. The van der Waals surface area contributed by atoms with Gasteiger partial charge in [0.05, 0.1) is 10.6 Å². The lowest BCUT2D eigenvalue weighted by atomic mass is 10.3. The quantitative estimate of drug-likeness (QED) is 0.624. The molecule has 0 fully saturated rings. The summed E-state index contributed by atoms with van der Waals surface area (Å²) in [6.45, 7) is 0. The van der Waals surface area contributed by atoms with E-state index in [2.05, 4.69) is 10.4 Å². The second-order valence-electron chi connectivity index (χ2n) is 2.83. The predicted octanol–water partition coefficient (Wildman–Crippen LogP) is 1.59. The van der Waals surface area contributed by atoms with Gasteiger partial charge in [0.1, 0.15) is 5.15 Å². The van der Waals surface area contributed by atoms with Crippen LogP contribution in [0, 0.1) is 0 Å². The summed E-state index contributed by atoms with van der Waals surface area (Å²) in [5.74, 6) is -0.277. The van der Waals surface area contributed by atoms with Crippen LogP contribution in [0.2, 0.25) is 10.2 Å². The number of nitrogens with zero attached hydrogens (tertiary/aromatic N) is 2. The van der Waals surface area contributed by atoms with Crippen molar-refractivity contribution in [2.24, 2.45) is 0 Å². The highest BCUT2D eigenvalue weighted by molar-refractivity contribution is 6.41. The van der Waals surface area contributed by atoms with Crippen LogP contribution in [0.1, 0.15) is 10.4 Å². The molecule has 1 aromatic heterocycles. The maximum Gasteiger partial charge on any atom is 0.267 e. The van der Waals surface area contributed by atoms with E-state index in [1.54, 1.807) is 14.1 Å². The van der Waals surface area contributed by atoms with Crippen molar-refractivity contribution < 1.29 is 4.79 Å². The number of halogens is 2. The molecule has 0 aliphatic carbocycles. The number of carbonyl (C=O) groups excluding carboxylic acids is 1. The fourth-order valence-corrected chi connectivity index (χ4v) is 1.08. The van der Waals surface area contributed by atoms with Gasteiger partial charge in [0.25, 0.3) is 5.91 Å². The zero-order chi connectivity index (χ0) is 10.7. The molecule has 0 aliphatic rings. The molecule has 1 rings (SSSR count). The minimum atomic E-state index is -0.277. The molecule has 0 aromatic carbocycles. The lowest BCUT2D eigenvalue weighted by molar-refractivity contribution is 0.0856. The lowest BCUT2D eigenvalue weighted by Gasteiger charge is -2.11. The first-order valence-corrected chi connectivity index (χ1v) is 4.55. The molecule has 0 unspecified atom stereocenters. The van der Waals surface area contributed by atoms with Crippen LogP contribution in [0.15, 0.2) is 12.3 Å². The predicted molar refractivity (Wildman–Crippen MR) is 55.4 cm³/mol. The van der Waals surface area contributed by atoms with Crippen molar-refractivity contribution in [1.29, 1.82) is 0 Å². The number of hydrazine groups is 1. The maximum atomic E-state index is 11.4. The summed E-state index contributed by atoms with van der Waals surface area (Å²) in [5.41, 5.74) is 2.93. The standard InChI is InChI=1S/C8H9Cl2N3O/c1-13(2)12-8(14)5-3-6(9)7(10)11-4-5/h3-4H,1-2H3,(H,12,14). The molecule has 0 atom stereocenters. The van der Waals surface area contributed by atoms with Crippen LogP contribution in [-0.4, -0.2) is 30.0 Å². The zero-order valence-corrected chi connectivity index (χ0v) is 9.23. The molecule has 0 bridgehead atoms. The van der Waals surface area contributed by atoms with E-state index in [9.17, 15) is 4.79 Å². The van der Waals surface area contributed by atoms with E-state index in [1.807, 2.05) is 0 Å². The number of carbonyl (C=O) groups is 1. The van der Waals surface area contributed by atoms with E-state index >= 15 is 0 Å². The first-order chi connectivity index (χ1) is 6.50. The summed E-state index contributed by atoms with van der Waals surface area (Å²) >= 11 is 11.3. The Hall–Kier alpha value is -0.840. The van der Waals surface area contributed by atoms with Crippen molar-refractivity contribution >= 4 is 29.1 Å². The van der Waals surface area contributed by atoms with Crippen molar-refractivity contribution in [3.63, 3.8) is 0 Å². The molecule has 6 heteroatoms. The van der Waals surface area contributed by atoms with E-state index in [1.165, 1.54) is 17.3 Å². The molecule has 0 radical (unpaired) electrons. The fourth-order valence-electron chi connectivity index (χ4n) is 0.813. The first kappa shape index (κ1) is 11.2. The van der Waals surface area contributed by atoms with Crippen LogP contribution in [0.5, 0.6) is 0 Å². The Morgan fingerprint density at radius 3 is 2.64 bits per heavy atom. The second-order valence-corrected chi connectivity index (χ2v) is 3.60. The van der Waals surface area contributed by atoms with Gasteiger partial charge in [-0.15, -0.1) is 0 Å². The van der Waals surface area contributed by atoms with Gasteiger partial charge in [-0.2, -0.15) is 0 Å². The normalized spacial score (nSPS) is 10.4. The third-order valence-corrected chi connectivity index (χ3v) is 2.07. The van der Waals surface area contributed by atoms with Gasteiger partial charge in [-0.25, -0.2) is 9.99 Å².